The Morgan fingerprint density at radius 1 is 1.38 bits per heavy atom. The summed E-state index contributed by atoms with van der Waals surface area (Å²) in [4.78, 5) is 12.8. The summed E-state index contributed by atoms with van der Waals surface area (Å²) in [5.74, 6) is -1.02. The number of allylic oxidation sites excluding steroid dienone is 4. The molecule has 3 aliphatic rings. The number of rotatable bonds is 3. The molecule has 0 radical (unpaired) electrons. The van der Waals surface area contributed by atoms with Crippen LogP contribution < -0.4 is 0 Å². The zero-order valence-electron chi connectivity index (χ0n) is 14.5. The van der Waals surface area contributed by atoms with Crippen LogP contribution in [0.5, 0.6) is 0 Å². The van der Waals surface area contributed by atoms with E-state index >= 15 is 0 Å². The van der Waals surface area contributed by atoms with Crippen molar-refractivity contribution in [2.45, 2.75) is 45.3 Å². The maximum absolute atomic E-state index is 12.8. The molecule has 0 amide bonds. The third-order valence-corrected chi connectivity index (χ3v) is 6.08. The van der Waals surface area contributed by atoms with E-state index in [9.17, 15) is 20.1 Å². The Kier molecular flexibility index (Phi) is 4.45. The first-order valence-corrected chi connectivity index (χ1v) is 8.59. The number of hydrogen-bond acceptors (Lipinski definition) is 5. The van der Waals surface area contributed by atoms with Crippen LogP contribution in [0.25, 0.3) is 0 Å². The van der Waals surface area contributed by atoms with Crippen molar-refractivity contribution < 1.29 is 24.9 Å². The number of carbonyl (C=O) groups is 1. The molecule has 5 nitrogen and oxygen atoms in total. The van der Waals surface area contributed by atoms with Crippen LogP contribution in [0.1, 0.15) is 33.6 Å². The van der Waals surface area contributed by atoms with Crippen molar-refractivity contribution in [3.8, 4) is 0 Å². The summed E-state index contributed by atoms with van der Waals surface area (Å²) in [6.45, 7) is 5.99. The number of fused-ring (bicyclic) bond motifs is 2. The highest BCUT2D eigenvalue weighted by Gasteiger charge is 2.49. The molecule has 1 heterocycles. The van der Waals surface area contributed by atoms with Crippen molar-refractivity contribution in [2.24, 2.45) is 17.8 Å². The summed E-state index contributed by atoms with van der Waals surface area (Å²) in [6, 6.07) is 0. The van der Waals surface area contributed by atoms with Crippen molar-refractivity contribution in [3.63, 3.8) is 0 Å². The number of aliphatic hydroxyl groups excluding tert-OH is 2. The minimum absolute atomic E-state index is 0.0359. The number of aliphatic hydroxyl groups is 3. The lowest BCUT2D eigenvalue weighted by Crippen LogP contribution is -2.50. The second-order valence-corrected chi connectivity index (χ2v) is 7.36. The minimum atomic E-state index is -1.11. The fourth-order valence-electron chi connectivity index (χ4n) is 4.32. The van der Waals surface area contributed by atoms with Gasteiger partial charge in [0.25, 0.3) is 0 Å². The molecule has 1 unspecified atom stereocenters. The van der Waals surface area contributed by atoms with Gasteiger partial charge in [-0.05, 0) is 43.8 Å². The highest BCUT2D eigenvalue weighted by molar-refractivity contribution is 6.08. The summed E-state index contributed by atoms with van der Waals surface area (Å²) in [5.41, 5.74) is 0.783. The standard InChI is InChI=1S/C19H26O5/c1-10-4-6-19(23)8-13(14-9-24-15(14)5-7-20)11(2)17(21)18(22)16(10)12(19)3/h4,6,12-15,20-21,23H,5,7-9H2,1-3H3/b17-11+/t12-,13?,14-,15+,19+/m0/s1. The molecule has 5 heteroatoms. The van der Waals surface area contributed by atoms with Gasteiger partial charge in [0.2, 0.25) is 5.78 Å². The van der Waals surface area contributed by atoms with Gasteiger partial charge in [0, 0.05) is 24.0 Å². The average Bonchev–Trinajstić information content (AvgIpc) is 2.53. The lowest BCUT2D eigenvalue weighted by atomic mass is 9.64. The number of ketones is 1. The minimum Gasteiger partial charge on any atom is -0.504 e. The van der Waals surface area contributed by atoms with Crippen molar-refractivity contribution in [1.82, 2.24) is 0 Å². The molecule has 0 aromatic rings. The lowest BCUT2D eigenvalue weighted by Gasteiger charge is -2.47. The van der Waals surface area contributed by atoms with E-state index in [1.54, 1.807) is 19.1 Å². The van der Waals surface area contributed by atoms with Gasteiger partial charge < -0.3 is 20.1 Å². The SMILES string of the molecule is CC1=C2C(=O)/C(O)=C(/C)C([C@@H]3CO[C@@H]3CCO)C[C@](O)(C=C1)[C@H]2C. The van der Waals surface area contributed by atoms with Crippen LogP contribution >= 0.6 is 0 Å². The van der Waals surface area contributed by atoms with Crippen molar-refractivity contribution in [2.75, 3.05) is 13.2 Å². The Morgan fingerprint density at radius 2 is 2.08 bits per heavy atom. The molecule has 3 N–H and O–H groups in total. The summed E-state index contributed by atoms with van der Waals surface area (Å²) >= 11 is 0. The van der Waals surface area contributed by atoms with Crippen LogP contribution in [-0.4, -0.2) is 46.0 Å². The highest BCUT2D eigenvalue weighted by atomic mass is 16.5. The quantitative estimate of drug-likeness (QED) is 0.735. The third kappa shape index (κ3) is 2.55. The van der Waals surface area contributed by atoms with Gasteiger partial charge in [0.05, 0.1) is 18.3 Å². The Bertz CT molecular complexity index is 644. The van der Waals surface area contributed by atoms with E-state index in [2.05, 4.69) is 0 Å². The normalized spacial score (nSPS) is 42.6. The van der Waals surface area contributed by atoms with E-state index in [0.29, 0.717) is 30.6 Å². The van der Waals surface area contributed by atoms with Crippen LogP contribution in [0.3, 0.4) is 0 Å². The highest BCUT2D eigenvalue weighted by Crippen LogP contribution is 2.47. The first-order valence-electron chi connectivity index (χ1n) is 8.59. The van der Waals surface area contributed by atoms with E-state index in [-0.39, 0.29) is 42.0 Å². The Hall–Kier alpha value is -1.43. The van der Waals surface area contributed by atoms with Gasteiger partial charge in [-0.2, -0.15) is 0 Å². The van der Waals surface area contributed by atoms with Crippen molar-refractivity contribution in [1.29, 1.82) is 0 Å². The molecule has 1 fully saturated rings. The topological polar surface area (TPSA) is 87.0 Å². The number of hydrogen-bond donors (Lipinski definition) is 3. The van der Waals surface area contributed by atoms with E-state index in [0.717, 1.165) is 5.57 Å². The Morgan fingerprint density at radius 3 is 2.67 bits per heavy atom. The molecule has 0 saturated carbocycles. The van der Waals surface area contributed by atoms with Gasteiger partial charge in [0.1, 0.15) is 0 Å². The first-order chi connectivity index (χ1) is 11.3. The maximum atomic E-state index is 12.8. The van der Waals surface area contributed by atoms with Gasteiger partial charge in [-0.15, -0.1) is 0 Å². The smallest absolute Gasteiger partial charge is 0.223 e. The van der Waals surface area contributed by atoms with Crippen molar-refractivity contribution in [3.05, 3.63) is 34.6 Å². The zero-order valence-corrected chi connectivity index (χ0v) is 14.5. The molecule has 2 bridgehead atoms. The predicted octanol–water partition coefficient (Wildman–Crippen LogP) is 2.06. The fourth-order valence-corrected chi connectivity index (χ4v) is 4.32. The number of carbonyl (C=O) groups excluding carboxylic acids is 1. The van der Waals surface area contributed by atoms with Crippen LogP contribution in [0.15, 0.2) is 34.6 Å². The Balaban J connectivity index is 2.05. The molecule has 132 valence electrons. The summed E-state index contributed by atoms with van der Waals surface area (Å²) in [7, 11) is 0. The van der Waals surface area contributed by atoms with Gasteiger partial charge in [-0.25, -0.2) is 0 Å². The molecule has 5 atom stereocenters. The van der Waals surface area contributed by atoms with E-state index in [1.807, 2.05) is 13.8 Å². The van der Waals surface area contributed by atoms with E-state index < -0.39 is 5.60 Å². The monoisotopic (exact) mass is 334 g/mol. The largest absolute Gasteiger partial charge is 0.504 e. The zero-order chi connectivity index (χ0) is 17.6. The Labute approximate surface area is 142 Å². The third-order valence-electron chi connectivity index (χ3n) is 6.08. The molecule has 0 aromatic carbocycles. The number of Topliss-reactive ketones (excluding diaryl/α,β-unsaturated/α-hetero) is 1. The van der Waals surface area contributed by atoms with Gasteiger partial charge in [0.15, 0.2) is 5.76 Å². The fraction of sp³-hybridized carbons (Fsp3) is 0.632. The van der Waals surface area contributed by atoms with Crippen LogP contribution in [-0.2, 0) is 9.53 Å². The predicted molar refractivity (Wildman–Crippen MR) is 89.3 cm³/mol. The molecule has 1 aliphatic heterocycles. The van der Waals surface area contributed by atoms with E-state index in [4.69, 9.17) is 4.74 Å². The number of ether oxygens (including phenoxy) is 1. The molecular weight excluding hydrogens is 308 g/mol. The summed E-state index contributed by atoms with van der Waals surface area (Å²) < 4.78 is 5.54. The van der Waals surface area contributed by atoms with Gasteiger partial charge >= 0.3 is 0 Å². The second-order valence-electron chi connectivity index (χ2n) is 7.36. The lowest BCUT2D eigenvalue weighted by molar-refractivity contribution is -0.149. The summed E-state index contributed by atoms with van der Waals surface area (Å²) in [5, 5.41) is 30.9. The van der Waals surface area contributed by atoms with Crippen LogP contribution in [0.4, 0.5) is 0 Å². The molecule has 3 rings (SSSR count). The van der Waals surface area contributed by atoms with Crippen LogP contribution in [0.2, 0.25) is 0 Å². The maximum Gasteiger partial charge on any atom is 0.223 e. The molecule has 24 heavy (non-hydrogen) atoms. The van der Waals surface area contributed by atoms with E-state index in [1.165, 1.54) is 0 Å². The molecular formula is C19H26O5. The second kappa shape index (κ2) is 6.14. The summed E-state index contributed by atoms with van der Waals surface area (Å²) in [6.07, 6.45) is 4.42. The van der Waals surface area contributed by atoms with Gasteiger partial charge in [-0.3, -0.25) is 4.79 Å². The van der Waals surface area contributed by atoms with Gasteiger partial charge in [-0.1, -0.05) is 19.1 Å². The molecule has 0 aromatic heterocycles. The molecule has 2 aliphatic carbocycles. The van der Waals surface area contributed by atoms with Crippen molar-refractivity contribution >= 4 is 5.78 Å². The average molecular weight is 334 g/mol. The molecule has 0 spiro atoms. The first kappa shape index (κ1) is 17.4. The van der Waals surface area contributed by atoms with Crippen LogP contribution in [0, 0.1) is 17.8 Å². The molecule has 1 saturated heterocycles.